The molecular formula is C13H22N4O2. The van der Waals surface area contributed by atoms with E-state index in [2.05, 4.69) is 14.9 Å². The molecule has 106 valence electrons. The molecule has 0 amide bonds. The summed E-state index contributed by atoms with van der Waals surface area (Å²) in [5.74, 6) is 1.73. The Labute approximate surface area is 113 Å². The lowest BCUT2D eigenvalue weighted by molar-refractivity contribution is 0.263. The number of aliphatic hydroxyl groups excluding tert-OH is 1. The number of hydrogen-bond acceptors (Lipinski definition) is 6. The first kappa shape index (κ1) is 13.9. The van der Waals surface area contributed by atoms with Crippen molar-refractivity contribution in [3.05, 3.63) is 6.33 Å². The molecule has 1 aromatic heterocycles. The molecule has 6 heteroatoms. The minimum absolute atomic E-state index is 0.239. The molecule has 1 saturated heterocycles. The van der Waals surface area contributed by atoms with Crippen molar-refractivity contribution in [2.75, 3.05) is 36.9 Å². The second-order valence-corrected chi connectivity index (χ2v) is 4.88. The Hall–Kier alpha value is -1.56. The Balaban J connectivity index is 2.08. The molecule has 19 heavy (non-hydrogen) atoms. The molecule has 0 radical (unpaired) electrons. The number of hydrogen-bond donors (Lipinski definition) is 2. The van der Waals surface area contributed by atoms with Crippen LogP contribution in [0.2, 0.25) is 0 Å². The highest BCUT2D eigenvalue weighted by atomic mass is 16.5. The zero-order valence-electron chi connectivity index (χ0n) is 11.4. The van der Waals surface area contributed by atoms with E-state index in [1.807, 2.05) is 6.92 Å². The third kappa shape index (κ3) is 3.26. The number of aromatic nitrogens is 2. The van der Waals surface area contributed by atoms with Crippen molar-refractivity contribution in [2.24, 2.45) is 5.92 Å². The van der Waals surface area contributed by atoms with Crippen LogP contribution in [0.15, 0.2) is 6.33 Å². The van der Waals surface area contributed by atoms with E-state index in [1.54, 1.807) is 0 Å². The van der Waals surface area contributed by atoms with Crippen LogP contribution in [0.5, 0.6) is 5.88 Å². The van der Waals surface area contributed by atoms with Crippen LogP contribution in [0.3, 0.4) is 0 Å². The van der Waals surface area contributed by atoms with Crippen LogP contribution in [0.25, 0.3) is 0 Å². The van der Waals surface area contributed by atoms with Gasteiger partial charge in [-0.2, -0.15) is 4.98 Å². The van der Waals surface area contributed by atoms with Crippen LogP contribution in [0.1, 0.15) is 26.2 Å². The molecule has 1 fully saturated rings. The van der Waals surface area contributed by atoms with Gasteiger partial charge >= 0.3 is 0 Å². The Morgan fingerprint density at radius 1 is 1.53 bits per heavy atom. The molecule has 1 aliphatic heterocycles. The molecule has 2 rings (SSSR count). The Morgan fingerprint density at radius 2 is 2.37 bits per heavy atom. The molecule has 3 N–H and O–H groups in total. The lowest BCUT2D eigenvalue weighted by atomic mass is 10.1. The van der Waals surface area contributed by atoms with Crippen molar-refractivity contribution in [1.82, 2.24) is 9.97 Å². The van der Waals surface area contributed by atoms with Gasteiger partial charge in [0, 0.05) is 19.7 Å². The first-order chi connectivity index (χ1) is 9.26. The summed E-state index contributed by atoms with van der Waals surface area (Å²) in [5, 5.41) is 8.99. The molecule has 0 saturated carbocycles. The fourth-order valence-corrected chi connectivity index (χ4v) is 2.38. The topological polar surface area (TPSA) is 84.5 Å². The molecule has 6 nitrogen and oxygen atoms in total. The van der Waals surface area contributed by atoms with E-state index in [4.69, 9.17) is 15.6 Å². The summed E-state index contributed by atoms with van der Waals surface area (Å²) in [6.07, 6.45) is 4.31. The van der Waals surface area contributed by atoms with Gasteiger partial charge in [-0.15, -0.1) is 0 Å². The SMILES string of the molecule is CCCOc1ncnc(N2CCC(CCO)C2)c1N. The number of anilines is 2. The van der Waals surface area contributed by atoms with Gasteiger partial charge in [-0.1, -0.05) is 6.92 Å². The van der Waals surface area contributed by atoms with Crippen LogP contribution in [-0.2, 0) is 0 Å². The highest BCUT2D eigenvalue weighted by Gasteiger charge is 2.25. The maximum atomic E-state index is 8.99. The Kier molecular flexibility index (Phi) is 4.79. The van der Waals surface area contributed by atoms with Crippen molar-refractivity contribution in [3.63, 3.8) is 0 Å². The zero-order chi connectivity index (χ0) is 13.7. The Morgan fingerprint density at radius 3 is 3.11 bits per heavy atom. The summed E-state index contributed by atoms with van der Waals surface area (Å²) in [5.41, 5.74) is 6.60. The van der Waals surface area contributed by atoms with E-state index in [0.717, 1.165) is 38.2 Å². The number of nitrogens with two attached hydrogens (primary N) is 1. The summed E-state index contributed by atoms with van der Waals surface area (Å²) in [6.45, 7) is 4.68. The van der Waals surface area contributed by atoms with Crippen molar-refractivity contribution in [1.29, 1.82) is 0 Å². The fourth-order valence-electron chi connectivity index (χ4n) is 2.38. The first-order valence-corrected chi connectivity index (χ1v) is 6.85. The molecule has 1 aromatic rings. The molecule has 0 bridgehead atoms. The molecule has 0 aliphatic carbocycles. The third-order valence-electron chi connectivity index (χ3n) is 3.39. The van der Waals surface area contributed by atoms with Gasteiger partial charge in [0.1, 0.15) is 12.0 Å². The average Bonchev–Trinajstić information content (AvgIpc) is 2.86. The van der Waals surface area contributed by atoms with Crippen LogP contribution in [-0.4, -0.2) is 41.4 Å². The molecule has 0 spiro atoms. The molecule has 1 atom stereocenters. The van der Waals surface area contributed by atoms with Gasteiger partial charge in [0.05, 0.1) is 6.61 Å². The minimum atomic E-state index is 0.239. The summed E-state index contributed by atoms with van der Waals surface area (Å²) < 4.78 is 5.52. The molecular weight excluding hydrogens is 244 g/mol. The van der Waals surface area contributed by atoms with E-state index in [-0.39, 0.29) is 6.61 Å². The number of nitrogen functional groups attached to an aromatic ring is 1. The monoisotopic (exact) mass is 266 g/mol. The van der Waals surface area contributed by atoms with Crippen LogP contribution in [0.4, 0.5) is 11.5 Å². The van der Waals surface area contributed by atoms with E-state index >= 15 is 0 Å². The highest BCUT2D eigenvalue weighted by Crippen LogP contribution is 2.32. The lowest BCUT2D eigenvalue weighted by Gasteiger charge is -2.20. The smallest absolute Gasteiger partial charge is 0.242 e. The van der Waals surface area contributed by atoms with E-state index in [1.165, 1.54) is 6.33 Å². The minimum Gasteiger partial charge on any atom is -0.476 e. The predicted octanol–water partition coefficient (Wildman–Crippen LogP) is 1.06. The molecule has 1 aliphatic rings. The predicted molar refractivity (Wildman–Crippen MR) is 74.3 cm³/mol. The molecule has 2 heterocycles. The number of ether oxygens (including phenoxy) is 1. The quantitative estimate of drug-likeness (QED) is 0.801. The van der Waals surface area contributed by atoms with E-state index in [9.17, 15) is 0 Å². The summed E-state index contributed by atoms with van der Waals surface area (Å²) in [4.78, 5) is 10.5. The number of rotatable bonds is 6. The van der Waals surface area contributed by atoms with E-state index in [0.29, 0.717) is 24.1 Å². The highest BCUT2D eigenvalue weighted by molar-refractivity contribution is 5.68. The fraction of sp³-hybridized carbons (Fsp3) is 0.692. The maximum absolute atomic E-state index is 8.99. The van der Waals surface area contributed by atoms with Crippen LogP contribution >= 0.6 is 0 Å². The molecule has 1 unspecified atom stereocenters. The van der Waals surface area contributed by atoms with Gasteiger partial charge in [-0.25, -0.2) is 4.98 Å². The normalized spacial score (nSPS) is 18.8. The van der Waals surface area contributed by atoms with Crippen molar-refractivity contribution in [3.8, 4) is 5.88 Å². The van der Waals surface area contributed by atoms with Crippen LogP contribution < -0.4 is 15.4 Å². The van der Waals surface area contributed by atoms with Gasteiger partial charge in [0.2, 0.25) is 5.88 Å². The van der Waals surface area contributed by atoms with Crippen molar-refractivity contribution < 1.29 is 9.84 Å². The Bertz CT molecular complexity index is 414. The number of nitrogens with zero attached hydrogens (tertiary/aromatic N) is 3. The zero-order valence-corrected chi connectivity index (χ0v) is 11.4. The van der Waals surface area contributed by atoms with E-state index < -0.39 is 0 Å². The molecule has 0 aromatic carbocycles. The lowest BCUT2D eigenvalue weighted by Crippen LogP contribution is -2.23. The maximum Gasteiger partial charge on any atom is 0.242 e. The van der Waals surface area contributed by atoms with Crippen molar-refractivity contribution >= 4 is 11.5 Å². The van der Waals surface area contributed by atoms with Gasteiger partial charge in [-0.3, -0.25) is 0 Å². The van der Waals surface area contributed by atoms with Gasteiger partial charge in [-0.05, 0) is 25.2 Å². The average molecular weight is 266 g/mol. The standard InChI is InChI=1S/C13H22N4O2/c1-2-7-19-13-11(14)12(15-9-16-13)17-5-3-10(8-17)4-6-18/h9-10,18H,2-8,14H2,1H3. The van der Waals surface area contributed by atoms with Gasteiger partial charge < -0.3 is 20.5 Å². The second-order valence-electron chi connectivity index (χ2n) is 4.88. The third-order valence-corrected chi connectivity index (χ3v) is 3.39. The second kappa shape index (κ2) is 6.56. The largest absolute Gasteiger partial charge is 0.476 e. The summed E-state index contributed by atoms with van der Waals surface area (Å²) >= 11 is 0. The van der Waals surface area contributed by atoms with Crippen molar-refractivity contribution in [2.45, 2.75) is 26.2 Å². The van der Waals surface area contributed by atoms with Gasteiger partial charge in [0.25, 0.3) is 0 Å². The van der Waals surface area contributed by atoms with Crippen LogP contribution in [0, 0.1) is 5.92 Å². The first-order valence-electron chi connectivity index (χ1n) is 6.85. The summed E-state index contributed by atoms with van der Waals surface area (Å²) in [7, 11) is 0. The number of aliphatic hydroxyl groups is 1. The van der Waals surface area contributed by atoms with Gasteiger partial charge in [0.15, 0.2) is 5.82 Å². The summed E-state index contributed by atoms with van der Waals surface area (Å²) in [6, 6.07) is 0.